The van der Waals surface area contributed by atoms with Gasteiger partial charge in [-0.3, -0.25) is 0 Å². The highest BCUT2D eigenvalue weighted by Gasteiger charge is 2.16. The second kappa shape index (κ2) is 11.1. The van der Waals surface area contributed by atoms with Gasteiger partial charge in [-0.2, -0.15) is 4.98 Å². The van der Waals surface area contributed by atoms with Gasteiger partial charge in [-0.15, -0.1) is 5.10 Å². The number of ether oxygens (including phenoxy) is 2. The molecule has 0 radical (unpaired) electrons. The van der Waals surface area contributed by atoms with Gasteiger partial charge in [-0.05, 0) is 56.2 Å². The largest absolute Gasteiger partial charge is 0.460 e. The molecule has 0 aliphatic rings. The van der Waals surface area contributed by atoms with Crippen LogP contribution < -0.4 is 10.1 Å². The minimum atomic E-state index is -0.598. The van der Waals surface area contributed by atoms with E-state index in [1.807, 2.05) is 38.1 Å². The standard InChI is InChI=1S/C24H31FN4O3/c1-16(2)14-31-15-22(30)13-26-20-8-10-21(11-9-20)29-23(18-6-5-7-19(25)12-18)27-24(28-29)32-17(3)4/h5-12,16-17,22,26,30H,13-15H2,1-4H3/t22-/m1/s1. The van der Waals surface area contributed by atoms with Crippen LogP contribution in [0.4, 0.5) is 10.1 Å². The van der Waals surface area contributed by atoms with Gasteiger partial charge < -0.3 is 19.9 Å². The van der Waals surface area contributed by atoms with E-state index in [9.17, 15) is 9.50 Å². The SMILES string of the molecule is CC(C)COC[C@H](O)CNc1ccc(-n2nc(OC(C)C)nc2-c2cccc(F)c2)cc1. The van der Waals surface area contributed by atoms with E-state index in [-0.39, 0.29) is 24.5 Å². The Hall–Kier alpha value is -2.97. The molecule has 2 aromatic carbocycles. The zero-order valence-corrected chi connectivity index (χ0v) is 19.0. The summed E-state index contributed by atoms with van der Waals surface area (Å²) in [5.41, 5.74) is 2.20. The van der Waals surface area contributed by atoms with E-state index in [0.717, 1.165) is 11.4 Å². The number of rotatable bonds is 11. The Bertz CT molecular complexity index is 989. The van der Waals surface area contributed by atoms with Crippen molar-refractivity contribution in [3.63, 3.8) is 0 Å². The highest BCUT2D eigenvalue weighted by Crippen LogP contribution is 2.25. The van der Waals surface area contributed by atoms with Crippen molar-refractivity contribution < 1.29 is 19.0 Å². The number of benzene rings is 2. The van der Waals surface area contributed by atoms with Crippen LogP contribution in [0.15, 0.2) is 48.5 Å². The summed E-state index contributed by atoms with van der Waals surface area (Å²) in [6.45, 7) is 9.22. The van der Waals surface area contributed by atoms with Gasteiger partial charge in [0.15, 0.2) is 5.82 Å². The van der Waals surface area contributed by atoms with Crippen LogP contribution in [0.5, 0.6) is 6.01 Å². The number of nitrogens with one attached hydrogen (secondary N) is 1. The molecule has 3 rings (SSSR count). The number of aliphatic hydroxyl groups is 1. The Morgan fingerprint density at radius 2 is 1.81 bits per heavy atom. The monoisotopic (exact) mass is 442 g/mol. The smallest absolute Gasteiger partial charge is 0.336 e. The van der Waals surface area contributed by atoms with Gasteiger partial charge in [0.1, 0.15) is 5.82 Å². The molecule has 0 bridgehead atoms. The summed E-state index contributed by atoms with van der Waals surface area (Å²) in [7, 11) is 0. The van der Waals surface area contributed by atoms with Crippen molar-refractivity contribution in [1.29, 1.82) is 0 Å². The average Bonchev–Trinajstić information content (AvgIpc) is 3.15. The molecule has 32 heavy (non-hydrogen) atoms. The van der Waals surface area contributed by atoms with Crippen LogP contribution >= 0.6 is 0 Å². The lowest BCUT2D eigenvalue weighted by atomic mass is 10.2. The molecule has 2 N–H and O–H groups in total. The van der Waals surface area contributed by atoms with Crippen molar-refractivity contribution in [2.24, 2.45) is 5.92 Å². The van der Waals surface area contributed by atoms with Crippen molar-refractivity contribution >= 4 is 5.69 Å². The highest BCUT2D eigenvalue weighted by atomic mass is 19.1. The summed E-state index contributed by atoms with van der Waals surface area (Å²) < 4.78 is 26.6. The fourth-order valence-electron chi connectivity index (χ4n) is 3.00. The number of aliphatic hydroxyl groups excluding tert-OH is 1. The molecule has 1 aromatic heterocycles. The Kier molecular flexibility index (Phi) is 8.19. The van der Waals surface area contributed by atoms with E-state index in [4.69, 9.17) is 9.47 Å². The Labute approximate surface area is 188 Å². The topological polar surface area (TPSA) is 81.4 Å². The van der Waals surface area contributed by atoms with Crippen LogP contribution in [0.2, 0.25) is 0 Å². The maximum Gasteiger partial charge on any atom is 0.336 e. The first-order valence-corrected chi connectivity index (χ1v) is 10.8. The number of halogens is 1. The van der Waals surface area contributed by atoms with Gasteiger partial charge in [0, 0.05) is 24.4 Å². The third-order valence-electron chi connectivity index (χ3n) is 4.43. The predicted octanol–water partition coefficient (Wildman–Crippen LogP) is 4.31. The number of hydrogen-bond acceptors (Lipinski definition) is 6. The van der Waals surface area contributed by atoms with Crippen LogP contribution in [0, 0.1) is 11.7 Å². The molecule has 7 nitrogen and oxygen atoms in total. The number of hydrogen-bond donors (Lipinski definition) is 2. The zero-order chi connectivity index (χ0) is 23.1. The molecule has 0 spiro atoms. The third kappa shape index (κ3) is 6.77. The Morgan fingerprint density at radius 1 is 1.06 bits per heavy atom. The fraction of sp³-hybridized carbons (Fsp3) is 0.417. The molecular weight excluding hydrogens is 411 g/mol. The van der Waals surface area contributed by atoms with Crippen molar-refractivity contribution in [1.82, 2.24) is 14.8 Å². The molecule has 172 valence electrons. The Balaban J connectivity index is 1.74. The zero-order valence-electron chi connectivity index (χ0n) is 19.0. The lowest BCUT2D eigenvalue weighted by molar-refractivity contribution is 0.0318. The van der Waals surface area contributed by atoms with E-state index in [1.54, 1.807) is 16.8 Å². The molecule has 3 aromatic rings. The Morgan fingerprint density at radius 3 is 2.47 bits per heavy atom. The van der Waals surface area contributed by atoms with Gasteiger partial charge in [-0.25, -0.2) is 9.07 Å². The first-order chi connectivity index (χ1) is 15.3. The molecule has 0 saturated heterocycles. The molecule has 8 heteroatoms. The van der Waals surface area contributed by atoms with E-state index in [2.05, 4.69) is 29.2 Å². The quantitative estimate of drug-likeness (QED) is 0.461. The first kappa shape index (κ1) is 23.7. The van der Waals surface area contributed by atoms with E-state index >= 15 is 0 Å². The van der Waals surface area contributed by atoms with Crippen molar-refractivity contribution in [3.05, 3.63) is 54.3 Å². The maximum absolute atomic E-state index is 13.8. The minimum absolute atomic E-state index is 0.0891. The van der Waals surface area contributed by atoms with Gasteiger partial charge in [0.05, 0.1) is 24.5 Å². The van der Waals surface area contributed by atoms with Crippen molar-refractivity contribution in [2.75, 3.05) is 25.1 Å². The lowest BCUT2D eigenvalue weighted by Crippen LogP contribution is -2.25. The molecule has 0 aliphatic carbocycles. The summed E-state index contributed by atoms with van der Waals surface area (Å²) in [6.07, 6.45) is -0.687. The van der Waals surface area contributed by atoms with Crippen LogP contribution in [0.3, 0.4) is 0 Å². The van der Waals surface area contributed by atoms with Crippen molar-refractivity contribution in [3.8, 4) is 23.1 Å². The van der Waals surface area contributed by atoms with Crippen LogP contribution in [-0.4, -0.2) is 51.8 Å². The van der Waals surface area contributed by atoms with Crippen LogP contribution in [-0.2, 0) is 4.74 Å². The van der Waals surface area contributed by atoms with Gasteiger partial charge >= 0.3 is 6.01 Å². The molecule has 0 amide bonds. The van der Waals surface area contributed by atoms with E-state index in [0.29, 0.717) is 30.5 Å². The maximum atomic E-state index is 13.8. The molecule has 0 saturated carbocycles. The first-order valence-electron chi connectivity index (χ1n) is 10.8. The van der Waals surface area contributed by atoms with Crippen LogP contribution in [0.25, 0.3) is 17.1 Å². The summed E-state index contributed by atoms with van der Waals surface area (Å²) in [5.74, 6) is 0.570. The molecular formula is C24H31FN4O3. The fourth-order valence-corrected chi connectivity index (χ4v) is 3.00. The molecule has 0 aliphatic heterocycles. The van der Waals surface area contributed by atoms with Gasteiger partial charge in [0.2, 0.25) is 0 Å². The summed E-state index contributed by atoms with van der Waals surface area (Å²) in [5, 5.41) is 17.7. The molecule has 0 unspecified atom stereocenters. The van der Waals surface area contributed by atoms with E-state index < -0.39 is 6.10 Å². The second-order valence-electron chi connectivity index (χ2n) is 8.32. The summed E-state index contributed by atoms with van der Waals surface area (Å²) in [4.78, 5) is 4.46. The number of nitrogens with zero attached hydrogens (tertiary/aromatic N) is 3. The molecule has 1 heterocycles. The normalized spacial score (nSPS) is 12.4. The predicted molar refractivity (Wildman–Crippen MR) is 123 cm³/mol. The van der Waals surface area contributed by atoms with Crippen molar-refractivity contribution in [2.45, 2.75) is 39.9 Å². The highest BCUT2D eigenvalue weighted by molar-refractivity contribution is 5.59. The summed E-state index contributed by atoms with van der Waals surface area (Å²) >= 11 is 0. The van der Waals surface area contributed by atoms with Gasteiger partial charge in [-0.1, -0.05) is 26.0 Å². The summed E-state index contributed by atoms with van der Waals surface area (Å²) in [6, 6.07) is 14.0. The van der Waals surface area contributed by atoms with Crippen LogP contribution in [0.1, 0.15) is 27.7 Å². The lowest BCUT2D eigenvalue weighted by Gasteiger charge is -2.14. The molecule has 0 fully saturated rings. The number of anilines is 1. The number of aromatic nitrogens is 3. The van der Waals surface area contributed by atoms with Gasteiger partial charge in [0.25, 0.3) is 0 Å². The van der Waals surface area contributed by atoms with E-state index in [1.165, 1.54) is 12.1 Å². The average molecular weight is 443 g/mol. The molecule has 1 atom stereocenters. The minimum Gasteiger partial charge on any atom is -0.460 e. The second-order valence-corrected chi connectivity index (χ2v) is 8.32. The third-order valence-corrected chi connectivity index (χ3v) is 4.43.